The quantitative estimate of drug-likeness (QED) is 0.0773. The van der Waals surface area contributed by atoms with Crippen molar-refractivity contribution in [2.24, 2.45) is 0 Å². The Balaban J connectivity index is 0.000000933. The molecule has 14 nitrogen and oxygen atoms in total. The minimum atomic E-state index is -1.09. The number of benzene rings is 4. The Morgan fingerprint density at radius 3 is 1.53 bits per heavy atom. The van der Waals surface area contributed by atoms with E-state index < -0.39 is 19.1 Å². The van der Waals surface area contributed by atoms with Crippen LogP contribution >= 0.6 is 47.8 Å². The normalized spacial score (nSPS) is 15.4. The zero-order chi connectivity index (χ0) is 55.2. The maximum absolute atomic E-state index is 10.5. The average molecular weight is 1470 g/mol. The number of hydrogen-bond acceptors (Lipinski definition) is 16. The smallest absolute Gasteiger partial charge is 0.478 e. The number of aliphatic hydroxyl groups excluding tert-OH is 3. The standard InChI is InChI=1S/C18H25BrO4.C8H9BO3.C8H5BrO4.C8H9BrO2.C4H8O.2CH4.S6.S5/c19-16-11-14(12-22-17-5-1-3-9-20-17)7-8-15(16)13-23-18-6-2-4-10-21-18;10-4-6-1-2-7-5-12-9(11)8(7)3-6;9-6-3-4(7(10)11)1-2-5(6)8(12)13;9-8-3-6(4-10)1-2-7(8)5-11;1-2-4-5-3-1;;;1-3-5-6-4-2;1-3-5-4-2/h7-8,11,17-18H,1-6,9-10,12-13H2;1-3,10-11H,4-5H2;1-3H,(H,10,11)(H,12,13);1-3,10-11H,4-5H2;1-4H2;2*1H4;;. The average Bonchev–Trinajstić information content (AvgIpc) is 4.15. The number of ether oxygens (including phenoxy) is 5. The molecule has 0 spiro atoms. The second kappa shape index (κ2) is 47.8. The molecule has 4 aliphatic heterocycles. The van der Waals surface area contributed by atoms with Gasteiger partial charge in [0.05, 0.1) is 50.8 Å². The van der Waals surface area contributed by atoms with Crippen molar-refractivity contribution in [3.05, 3.63) is 131 Å². The van der Waals surface area contributed by atoms with Crippen LogP contribution in [0.25, 0.3) is 0 Å². The third-order valence-electron chi connectivity index (χ3n) is 10.2. The van der Waals surface area contributed by atoms with Crippen molar-refractivity contribution in [1.82, 2.24) is 0 Å². The third-order valence-corrected chi connectivity index (χ3v) is 23.4. The maximum Gasteiger partial charge on any atom is 0.491 e. The van der Waals surface area contributed by atoms with Gasteiger partial charge in [0.15, 0.2) is 12.6 Å². The fourth-order valence-corrected chi connectivity index (χ4v) is 16.3. The first-order valence-corrected chi connectivity index (χ1v) is 36.9. The van der Waals surface area contributed by atoms with Crippen LogP contribution in [0.3, 0.4) is 0 Å². The number of hydrogen-bond donors (Lipinski definition) is 6. The Labute approximate surface area is 517 Å². The maximum atomic E-state index is 10.5. The van der Waals surface area contributed by atoms with Crippen molar-refractivity contribution < 1.29 is 68.5 Å². The lowest BCUT2D eigenvalue weighted by Gasteiger charge is -2.23. The van der Waals surface area contributed by atoms with Gasteiger partial charge >= 0.3 is 19.1 Å². The number of rotatable bonds is 11. The number of aromatic carboxylic acids is 2. The van der Waals surface area contributed by atoms with Gasteiger partial charge < -0.3 is 58.9 Å². The van der Waals surface area contributed by atoms with Crippen molar-refractivity contribution in [2.45, 2.75) is 118 Å². The first-order chi connectivity index (χ1) is 36.2. The number of halogens is 3. The van der Waals surface area contributed by atoms with Gasteiger partial charge in [0.1, 0.15) is 0 Å². The Hall–Kier alpha value is -0.655. The molecule has 2 unspecified atom stereocenters. The second-order valence-electron chi connectivity index (χ2n) is 15.3. The third kappa shape index (κ3) is 33.3. The molecule has 29 heteroatoms. The highest BCUT2D eigenvalue weighted by Gasteiger charge is 2.27. The molecule has 3 saturated heterocycles. The highest BCUT2D eigenvalue weighted by atomic mass is 79.9. The summed E-state index contributed by atoms with van der Waals surface area (Å²) in [6, 6.07) is 20.9. The molecular formula is C48H64BBr3O14S11. The minimum absolute atomic E-state index is 0. The van der Waals surface area contributed by atoms with E-state index in [4.69, 9.17) is 53.9 Å². The molecule has 4 heterocycles. The van der Waals surface area contributed by atoms with Crippen LogP contribution in [0.2, 0.25) is 0 Å². The summed E-state index contributed by atoms with van der Waals surface area (Å²) in [4.78, 5) is 21.0. The largest absolute Gasteiger partial charge is 0.491 e. The zero-order valence-corrected chi connectivity index (χ0v) is 53.7. The summed E-state index contributed by atoms with van der Waals surface area (Å²) in [5.74, 6) is -2.18. The van der Waals surface area contributed by atoms with Gasteiger partial charge in [0, 0.05) is 147 Å². The molecule has 6 N–H and O–H groups in total. The van der Waals surface area contributed by atoms with Gasteiger partial charge in [0.2, 0.25) is 0 Å². The number of carboxylic acid groups (broad SMARTS) is 2. The van der Waals surface area contributed by atoms with E-state index in [1.54, 1.807) is 24.3 Å². The van der Waals surface area contributed by atoms with E-state index in [2.05, 4.69) is 111 Å². The molecule has 2 atom stereocenters. The van der Waals surface area contributed by atoms with Gasteiger partial charge in [-0.2, -0.15) is 0 Å². The molecule has 0 radical (unpaired) electrons. The number of fused-ring (bicyclic) bond motifs is 1. The first-order valence-electron chi connectivity index (χ1n) is 22.5. The SMILES string of the molecule is Brc1cc(COC2CCCCO2)ccc1COC1CCCCO1.C.C.C1CCOC1.O=C(O)c1ccc(C(=O)O)c(Br)c1.OCc1ccc(CO)c(Br)c1.OCc1ccc2c(c1)B(O)OC2.S=S=S=S=S.S=S=S=S=S=S. The van der Waals surface area contributed by atoms with Gasteiger partial charge in [-0.15, -0.1) is 0 Å². The molecule has 4 aromatic rings. The summed E-state index contributed by atoms with van der Waals surface area (Å²) in [6.07, 6.45) is 9.10. The van der Waals surface area contributed by atoms with Crippen molar-refractivity contribution in [2.75, 3.05) is 26.4 Å². The van der Waals surface area contributed by atoms with Crippen LogP contribution in [-0.4, -0.2) is 88.6 Å². The van der Waals surface area contributed by atoms with Gasteiger partial charge in [-0.05, 0) is 136 Å². The van der Waals surface area contributed by atoms with Crippen LogP contribution in [0.5, 0.6) is 0 Å². The van der Waals surface area contributed by atoms with Crippen molar-refractivity contribution >= 4 is 179 Å². The molecule has 0 bridgehead atoms. The minimum Gasteiger partial charge on any atom is -0.478 e. The Kier molecular flexibility index (Phi) is 47.4. The molecule has 4 aliphatic rings. The second-order valence-corrected chi connectivity index (χ2v) is 30.3. The monoisotopic (exact) mass is 1460 g/mol. The van der Waals surface area contributed by atoms with Crippen LogP contribution in [0.4, 0.5) is 0 Å². The molecule has 77 heavy (non-hydrogen) atoms. The number of carbonyl (C=O) groups is 2. The van der Waals surface area contributed by atoms with Gasteiger partial charge in [-0.3, -0.25) is 0 Å². The highest BCUT2D eigenvalue weighted by molar-refractivity contribution is 9.11. The summed E-state index contributed by atoms with van der Waals surface area (Å²) < 4.78 is 35.0. The van der Waals surface area contributed by atoms with E-state index in [1.807, 2.05) is 12.1 Å². The Morgan fingerprint density at radius 1 is 0.584 bits per heavy atom. The number of aliphatic hydroxyl groups is 3. The molecule has 8 rings (SSSR count). The molecule has 0 saturated carbocycles. The molecular weight excluding hydrogens is 1400 g/mol. The lowest BCUT2D eigenvalue weighted by Crippen LogP contribution is -2.28. The lowest BCUT2D eigenvalue weighted by molar-refractivity contribution is -0.169. The summed E-state index contributed by atoms with van der Waals surface area (Å²) in [5.41, 5.74) is 6.64. The van der Waals surface area contributed by atoms with E-state index in [0.29, 0.717) is 19.8 Å². The van der Waals surface area contributed by atoms with Crippen LogP contribution in [0, 0.1) is 0 Å². The van der Waals surface area contributed by atoms with E-state index in [9.17, 15) is 14.6 Å². The fraction of sp³-hybridized carbons (Fsp3) is 0.458. The van der Waals surface area contributed by atoms with Crippen molar-refractivity contribution in [3.63, 3.8) is 0 Å². The lowest BCUT2D eigenvalue weighted by atomic mass is 9.79. The van der Waals surface area contributed by atoms with Crippen molar-refractivity contribution in [1.29, 1.82) is 0 Å². The van der Waals surface area contributed by atoms with Crippen LogP contribution < -0.4 is 5.46 Å². The van der Waals surface area contributed by atoms with E-state index >= 15 is 0 Å². The molecule has 4 aromatic carbocycles. The van der Waals surface area contributed by atoms with E-state index in [0.717, 1.165) is 99.9 Å². The molecule has 430 valence electrons. The fourth-order valence-electron chi connectivity index (χ4n) is 6.40. The summed E-state index contributed by atoms with van der Waals surface area (Å²) >= 11 is 27.8. The Morgan fingerprint density at radius 2 is 1.09 bits per heavy atom. The Bertz CT molecular complexity index is 2640. The van der Waals surface area contributed by atoms with Crippen LogP contribution in [0.1, 0.15) is 120 Å². The topological polar surface area (TPSA) is 211 Å². The zero-order valence-electron chi connectivity index (χ0n) is 40.0. The number of carboxylic acids is 2. The summed E-state index contributed by atoms with van der Waals surface area (Å²) in [7, 11) is 8.77. The van der Waals surface area contributed by atoms with Gasteiger partial charge in [-0.1, -0.05) is 89.2 Å². The van der Waals surface area contributed by atoms with Crippen molar-refractivity contribution in [3.8, 4) is 0 Å². The molecule has 0 amide bonds. The molecule has 3 fully saturated rings. The molecule has 0 aromatic heterocycles. The molecule has 0 aliphatic carbocycles. The summed E-state index contributed by atoms with van der Waals surface area (Å²) in [5, 5.41) is 52.9. The van der Waals surface area contributed by atoms with E-state index in [-0.39, 0.29) is 62.9 Å². The first kappa shape index (κ1) is 76.3. The van der Waals surface area contributed by atoms with Gasteiger partial charge in [0.25, 0.3) is 0 Å². The summed E-state index contributed by atoms with van der Waals surface area (Å²) in [6.45, 7) is 5.28. The predicted molar refractivity (Wildman–Crippen MR) is 344 cm³/mol. The predicted octanol–water partition coefficient (Wildman–Crippen LogP) is 9.25. The van der Waals surface area contributed by atoms with Gasteiger partial charge in [-0.25, -0.2) is 9.59 Å². The highest BCUT2D eigenvalue weighted by Crippen LogP contribution is 2.24. The van der Waals surface area contributed by atoms with Crippen LogP contribution in [0.15, 0.2) is 86.2 Å². The van der Waals surface area contributed by atoms with E-state index in [1.165, 1.54) is 106 Å². The van der Waals surface area contributed by atoms with Crippen LogP contribution in [-0.2, 0) is 175 Å².